The summed E-state index contributed by atoms with van der Waals surface area (Å²) in [5.74, 6) is -0.315. The van der Waals surface area contributed by atoms with Crippen LogP contribution in [0.5, 0.6) is 0 Å². The van der Waals surface area contributed by atoms with Crippen molar-refractivity contribution in [3.8, 4) is 17.5 Å². The largest absolute Gasteiger partial charge is 0.292 e. The lowest BCUT2D eigenvalue weighted by molar-refractivity contribution is 0.0979. The van der Waals surface area contributed by atoms with Crippen LogP contribution < -0.4 is 0 Å². The second-order valence-corrected chi connectivity index (χ2v) is 6.50. The van der Waals surface area contributed by atoms with Gasteiger partial charge in [-0.3, -0.25) is 9.89 Å². The van der Waals surface area contributed by atoms with E-state index in [9.17, 15) is 10.1 Å². The van der Waals surface area contributed by atoms with Crippen LogP contribution in [-0.2, 0) is 0 Å². The van der Waals surface area contributed by atoms with Gasteiger partial charge in [0.25, 0.3) is 0 Å². The van der Waals surface area contributed by atoms with E-state index in [-0.39, 0.29) is 11.7 Å². The highest BCUT2D eigenvalue weighted by molar-refractivity contribution is 7.10. The van der Waals surface area contributed by atoms with Crippen molar-refractivity contribution in [3.63, 3.8) is 0 Å². The number of Topliss-reactive ketones (excluding diaryl/α,β-unsaturated/α-hetero) is 1. The summed E-state index contributed by atoms with van der Waals surface area (Å²) >= 11 is 1.35. The lowest BCUT2D eigenvalue weighted by atomic mass is 9.97. The van der Waals surface area contributed by atoms with E-state index in [0.29, 0.717) is 16.4 Å². The molecule has 0 amide bonds. The molecule has 1 atom stereocenters. The number of aromatic amines is 1. The van der Waals surface area contributed by atoms with Crippen LogP contribution in [0.15, 0.2) is 36.0 Å². The van der Waals surface area contributed by atoms with Gasteiger partial charge in [0.2, 0.25) is 0 Å². The topological polar surface area (TPSA) is 95.3 Å². The Morgan fingerprint density at radius 2 is 2.21 bits per heavy atom. The zero-order valence-corrected chi connectivity index (χ0v) is 14.0. The lowest BCUT2D eigenvalue weighted by Gasteiger charge is -2.07. The van der Waals surface area contributed by atoms with E-state index in [4.69, 9.17) is 0 Å². The summed E-state index contributed by atoms with van der Waals surface area (Å²) in [7, 11) is 0. The molecule has 0 unspecified atom stereocenters. The quantitative estimate of drug-likeness (QED) is 0.718. The van der Waals surface area contributed by atoms with Gasteiger partial charge in [0.05, 0.1) is 11.8 Å². The van der Waals surface area contributed by atoms with Crippen molar-refractivity contribution >= 4 is 17.1 Å². The number of aromatic nitrogens is 4. The Labute approximate surface area is 143 Å². The first kappa shape index (κ1) is 16.0. The number of nitrogens with one attached hydrogen (secondary N) is 1. The molecule has 3 aromatic rings. The molecule has 0 aliphatic heterocycles. The number of H-pyrrole nitrogens is 1. The van der Waals surface area contributed by atoms with E-state index >= 15 is 0 Å². The first-order valence-electron chi connectivity index (χ1n) is 7.45. The van der Waals surface area contributed by atoms with Gasteiger partial charge >= 0.3 is 0 Å². The molecule has 0 bridgehead atoms. The number of carbonyl (C=O) groups excluding carboxylic acids is 1. The lowest BCUT2D eigenvalue weighted by Crippen LogP contribution is -2.11. The Kier molecular flexibility index (Phi) is 4.49. The normalized spacial score (nSPS) is 12.1. The average molecular weight is 337 g/mol. The molecule has 6 nitrogen and oxygen atoms in total. The number of rotatable bonds is 5. The number of nitriles is 1. The molecular formula is C17H15N5OS. The molecule has 1 aromatic carbocycles. The zero-order chi connectivity index (χ0) is 17.1. The monoisotopic (exact) mass is 337 g/mol. The van der Waals surface area contributed by atoms with Crippen molar-refractivity contribution in [1.29, 1.82) is 5.26 Å². The second-order valence-electron chi connectivity index (χ2n) is 5.61. The molecule has 2 heterocycles. The van der Waals surface area contributed by atoms with Gasteiger partial charge in [0, 0.05) is 16.5 Å². The fraction of sp³-hybridized carbons (Fsp3) is 0.235. The number of benzene rings is 1. The number of hydrogen-bond acceptors (Lipinski definition) is 6. The Hall–Kier alpha value is -2.85. The van der Waals surface area contributed by atoms with Crippen LogP contribution in [0.2, 0.25) is 0 Å². The van der Waals surface area contributed by atoms with Crippen LogP contribution in [0.1, 0.15) is 46.7 Å². The summed E-state index contributed by atoms with van der Waals surface area (Å²) in [5, 5.41) is 18.5. The maximum Gasteiger partial charge on any atom is 0.186 e. The standard InChI is InChI=1S/C17H15N5OS/c1-10(2)14-8-24-17(21-14)13(7-18)15(23)11-4-3-5-12(6-11)16-19-9-20-22-16/h3-6,8-10,13H,1-2H3,(H,19,20,22)/t13-/m0/s1. The summed E-state index contributed by atoms with van der Waals surface area (Å²) in [6, 6.07) is 9.09. The fourth-order valence-corrected chi connectivity index (χ4v) is 3.28. The number of thiazole rings is 1. The van der Waals surface area contributed by atoms with Crippen LogP contribution in [0, 0.1) is 11.3 Å². The third-order valence-corrected chi connectivity index (χ3v) is 4.53. The highest BCUT2D eigenvalue weighted by Crippen LogP contribution is 2.27. The molecule has 120 valence electrons. The van der Waals surface area contributed by atoms with Gasteiger partial charge in [0.15, 0.2) is 17.5 Å². The van der Waals surface area contributed by atoms with Crippen molar-refractivity contribution in [2.75, 3.05) is 0 Å². The maximum atomic E-state index is 12.8. The van der Waals surface area contributed by atoms with Gasteiger partial charge in [-0.05, 0) is 12.0 Å². The smallest absolute Gasteiger partial charge is 0.186 e. The van der Waals surface area contributed by atoms with E-state index in [1.807, 2.05) is 25.3 Å². The van der Waals surface area contributed by atoms with Gasteiger partial charge in [-0.25, -0.2) is 9.97 Å². The summed E-state index contributed by atoms with van der Waals surface area (Å²) < 4.78 is 0. The minimum absolute atomic E-state index is 0.261. The van der Waals surface area contributed by atoms with Crippen molar-refractivity contribution < 1.29 is 4.79 Å². The molecule has 2 aromatic heterocycles. The third-order valence-electron chi connectivity index (χ3n) is 3.61. The Morgan fingerprint density at radius 3 is 2.83 bits per heavy atom. The molecule has 24 heavy (non-hydrogen) atoms. The van der Waals surface area contributed by atoms with Crippen molar-refractivity contribution in [3.05, 3.63) is 52.2 Å². The van der Waals surface area contributed by atoms with E-state index in [1.165, 1.54) is 17.7 Å². The van der Waals surface area contributed by atoms with Gasteiger partial charge < -0.3 is 0 Å². The molecule has 0 spiro atoms. The highest BCUT2D eigenvalue weighted by Gasteiger charge is 2.25. The average Bonchev–Trinajstić information content (AvgIpc) is 3.27. The molecule has 7 heteroatoms. The van der Waals surface area contributed by atoms with Gasteiger partial charge in [0.1, 0.15) is 11.3 Å². The van der Waals surface area contributed by atoms with Crippen LogP contribution in [-0.4, -0.2) is 25.9 Å². The second kappa shape index (κ2) is 6.72. The molecule has 3 rings (SSSR count). The summed E-state index contributed by atoms with van der Waals surface area (Å²) in [6.07, 6.45) is 1.41. The first-order chi connectivity index (χ1) is 11.6. The van der Waals surface area contributed by atoms with Gasteiger partial charge in [-0.15, -0.1) is 11.3 Å². The highest BCUT2D eigenvalue weighted by atomic mass is 32.1. The molecule has 0 radical (unpaired) electrons. The zero-order valence-electron chi connectivity index (χ0n) is 13.2. The van der Waals surface area contributed by atoms with Gasteiger partial charge in [-0.2, -0.15) is 10.4 Å². The third kappa shape index (κ3) is 3.09. The number of nitrogens with zero attached hydrogens (tertiary/aromatic N) is 4. The predicted octanol–water partition coefficient (Wildman–Crippen LogP) is 3.54. The Balaban J connectivity index is 1.92. The minimum Gasteiger partial charge on any atom is -0.292 e. The van der Waals surface area contributed by atoms with Crippen LogP contribution in [0.25, 0.3) is 11.4 Å². The fourth-order valence-electron chi connectivity index (χ4n) is 2.26. The van der Waals surface area contributed by atoms with Crippen molar-refractivity contribution in [2.45, 2.75) is 25.7 Å². The van der Waals surface area contributed by atoms with Crippen molar-refractivity contribution in [2.24, 2.45) is 0 Å². The summed E-state index contributed by atoms with van der Waals surface area (Å²) in [6.45, 7) is 4.06. The first-order valence-corrected chi connectivity index (χ1v) is 8.33. The molecule has 0 saturated carbocycles. The summed E-state index contributed by atoms with van der Waals surface area (Å²) in [4.78, 5) is 21.3. The van der Waals surface area contributed by atoms with Crippen LogP contribution in [0.3, 0.4) is 0 Å². The predicted molar refractivity (Wildman–Crippen MR) is 90.7 cm³/mol. The number of hydrogen-bond donors (Lipinski definition) is 1. The van der Waals surface area contributed by atoms with E-state index in [2.05, 4.69) is 26.2 Å². The SMILES string of the molecule is CC(C)c1csc([C@@H](C#N)C(=O)c2cccc(-c3ncn[nH]3)c2)n1. The van der Waals surface area contributed by atoms with E-state index in [0.717, 1.165) is 11.3 Å². The molecule has 0 saturated heterocycles. The van der Waals surface area contributed by atoms with Crippen LogP contribution in [0.4, 0.5) is 0 Å². The Morgan fingerprint density at radius 1 is 1.38 bits per heavy atom. The molecule has 0 aliphatic rings. The molecule has 0 aliphatic carbocycles. The van der Waals surface area contributed by atoms with Crippen molar-refractivity contribution in [1.82, 2.24) is 20.2 Å². The summed E-state index contributed by atoms with van der Waals surface area (Å²) in [5.41, 5.74) is 2.10. The maximum absolute atomic E-state index is 12.8. The molecular weight excluding hydrogens is 322 g/mol. The van der Waals surface area contributed by atoms with E-state index in [1.54, 1.807) is 18.2 Å². The minimum atomic E-state index is -0.896. The molecule has 1 N–H and O–H groups in total. The number of ketones is 1. The Bertz CT molecular complexity index is 892. The van der Waals surface area contributed by atoms with Crippen LogP contribution >= 0.6 is 11.3 Å². The van der Waals surface area contributed by atoms with Gasteiger partial charge in [-0.1, -0.05) is 32.0 Å². The molecule has 0 fully saturated rings. The van der Waals surface area contributed by atoms with E-state index < -0.39 is 5.92 Å². The number of carbonyl (C=O) groups is 1.